The monoisotopic (exact) mass is 276 g/mol. The largest absolute Gasteiger partial charge is 0.481 e. The zero-order chi connectivity index (χ0) is 13.2. The van der Waals surface area contributed by atoms with E-state index >= 15 is 0 Å². The summed E-state index contributed by atoms with van der Waals surface area (Å²) in [4.78, 5) is 12.5. The first-order valence-corrected chi connectivity index (χ1v) is 6.77. The Morgan fingerprint density at radius 1 is 1.32 bits per heavy atom. The second kappa shape index (κ2) is 4.93. The molecule has 1 atom stereocenters. The summed E-state index contributed by atoms with van der Waals surface area (Å²) < 4.78 is 10.5. The molecular formula is C14H12O4S. The molecule has 2 heterocycles. The molecule has 1 unspecified atom stereocenters. The number of carbonyl (C=O) groups is 1. The molecule has 0 saturated carbocycles. The van der Waals surface area contributed by atoms with Crippen LogP contribution in [0.25, 0.3) is 0 Å². The van der Waals surface area contributed by atoms with Crippen LogP contribution >= 0.6 is 11.3 Å². The van der Waals surface area contributed by atoms with Gasteiger partial charge in [-0.2, -0.15) is 0 Å². The molecule has 1 aliphatic heterocycles. The Bertz CT molecular complexity index is 591. The lowest BCUT2D eigenvalue weighted by atomic mass is 9.95. The minimum absolute atomic E-state index is 0.196. The number of carboxylic acid groups (broad SMARTS) is 1. The number of aliphatic carboxylic acids is 1. The minimum Gasteiger partial charge on any atom is -0.481 e. The van der Waals surface area contributed by atoms with Gasteiger partial charge in [-0.05, 0) is 35.6 Å². The van der Waals surface area contributed by atoms with E-state index in [0.717, 1.165) is 10.4 Å². The first kappa shape index (κ1) is 12.0. The molecule has 0 radical (unpaired) electrons. The summed E-state index contributed by atoms with van der Waals surface area (Å²) in [5.41, 5.74) is 0.741. The summed E-state index contributed by atoms with van der Waals surface area (Å²) in [5.74, 6) is -0.0978. The number of rotatable bonds is 4. The number of hydrogen-bond acceptors (Lipinski definition) is 4. The summed E-state index contributed by atoms with van der Waals surface area (Å²) in [6.45, 7) is 0.196. The number of thiophene rings is 1. The Labute approximate surface area is 114 Å². The third-order valence-corrected chi connectivity index (χ3v) is 3.98. The molecule has 19 heavy (non-hydrogen) atoms. The maximum Gasteiger partial charge on any atom is 0.311 e. The fourth-order valence-corrected chi connectivity index (χ4v) is 2.86. The second-order valence-corrected chi connectivity index (χ2v) is 5.32. The normalized spacial score (nSPS) is 14.3. The lowest BCUT2D eigenvalue weighted by Crippen LogP contribution is -2.13. The number of fused-ring (bicyclic) bond motifs is 1. The summed E-state index contributed by atoms with van der Waals surface area (Å²) in [7, 11) is 0. The van der Waals surface area contributed by atoms with Crippen molar-refractivity contribution in [2.75, 3.05) is 6.79 Å². The molecule has 0 amide bonds. The Balaban J connectivity index is 1.89. The van der Waals surface area contributed by atoms with Crippen LogP contribution in [0.4, 0.5) is 0 Å². The molecule has 0 bridgehead atoms. The fourth-order valence-electron chi connectivity index (χ4n) is 2.11. The average Bonchev–Trinajstić information content (AvgIpc) is 3.05. The van der Waals surface area contributed by atoms with Gasteiger partial charge in [0.1, 0.15) is 0 Å². The quantitative estimate of drug-likeness (QED) is 0.933. The molecule has 4 nitrogen and oxygen atoms in total. The Morgan fingerprint density at radius 2 is 2.16 bits per heavy atom. The van der Waals surface area contributed by atoms with Crippen molar-refractivity contribution in [3.63, 3.8) is 0 Å². The summed E-state index contributed by atoms with van der Waals surface area (Å²) in [6, 6.07) is 9.20. The smallest absolute Gasteiger partial charge is 0.311 e. The van der Waals surface area contributed by atoms with E-state index in [9.17, 15) is 9.90 Å². The summed E-state index contributed by atoms with van der Waals surface area (Å²) in [6.07, 6.45) is 0.493. The van der Waals surface area contributed by atoms with E-state index in [1.165, 1.54) is 0 Å². The van der Waals surface area contributed by atoms with Crippen molar-refractivity contribution in [3.8, 4) is 11.5 Å². The predicted octanol–water partition coefficient (Wildman–Crippen LogP) is 2.89. The zero-order valence-electron chi connectivity index (χ0n) is 10.0. The lowest BCUT2D eigenvalue weighted by Gasteiger charge is -2.12. The van der Waals surface area contributed by atoms with Gasteiger partial charge < -0.3 is 14.6 Å². The molecule has 0 spiro atoms. The van der Waals surface area contributed by atoms with Gasteiger partial charge in [-0.25, -0.2) is 0 Å². The molecule has 0 saturated heterocycles. The molecule has 0 aliphatic carbocycles. The van der Waals surface area contributed by atoms with Crippen molar-refractivity contribution in [1.29, 1.82) is 0 Å². The molecule has 1 aliphatic rings. The van der Waals surface area contributed by atoms with Gasteiger partial charge >= 0.3 is 5.97 Å². The van der Waals surface area contributed by atoms with Gasteiger partial charge in [0, 0.05) is 4.88 Å². The van der Waals surface area contributed by atoms with Gasteiger partial charge in [-0.3, -0.25) is 4.79 Å². The molecular weight excluding hydrogens is 264 g/mol. The van der Waals surface area contributed by atoms with Gasteiger partial charge in [-0.15, -0.1) is 11.3 Å². The number of ether oxygens (including phenoxy) is 2. The second-order valence-electron chi connectivity index (χ2n) is 4.29. The minimum atomic E-state index is -0.827. The molecule has 1 N–H and O–H groups in total. The highest BCUT2D eigenvalue weighted by atomic mass is 32.1. The fraction of sp³-hybridized carbons (Fsp3) is 0.214. The van der Waals surface area contributed by atoms with Crippen LogP contribution in [0.3, 0.4) is 0 Å². The Kier molecular flexibility index (Phi) is 3.13. The van der Waals surface area contributed by atoms with E-state index in [0.29, 0.717) is 17.9 Å². The molecule has 3 rings (SSSR count). The average molecular weight is 276 g/mol. The molecule has 1 aromatic heterocycles. The van der Waals surface area contributed by atoms with Gasteiger partial charge in [-0.1, -0.05) is 12.1 Å². The third-order valence-electron chi connectivity index (χ3n) is 3.08. The van der Waals surface area contributed by atoms with Crippen LogP contribution in [0.1, 0.15) is 16.4 Å². The van der Waals surface area contributed by atoms with Gasteiger partial charge in [0.15, 0.2) is 11.5 Å². The Hall–Kier alpha value is -2.01. The predicted molar refractivity (Wildman–Crippen MR) is 71.0 cm³/mol. The molecule has 1 aromatic carbocycles. The van der Waals surface area contributed by atoms with Crippen molar-refractivity contribution in [2.45, 2.75) is 12.3 Å². The number of carboxylic acids is 1. The van der Waals surface area contributed by atoms with Crippen LogP contribution < -0.4 is 9.47 Å². The van der Waals surface area contributed by atoms with E-state index in [2.05, 4.69) is 0 Å². The number of hydrogen-bond donors (Lipinski definition) is 1. The first-order valence-electron chi connectivity index (χ1n) is 5.89. The van der Waals surface area contributed by atoms with E-state index < -0.39 is 11.9 Å². The van der Waals surface area contributed by atoms with Crippen LogP contribution in [0.2, 0.25) is 0 Å². The third kappa shape index (κ3) is 2.42. The van der Waals surface area contributed by atoms with E-state index in [1.807, 2.05) is 17.5 Å². The van der Waals surface area contributed by atoms with Crippen LogP contribution in [0.5, 0.6) is 11.5 Å². The van der Waals surface area contributed by atoms with Crippen LogP contribution in [0.15, 0.2) is 35.7 Å². The number of benzene rings is 1. The highest BCUT2D eigenvalue weighted by molar-refractivity contribution is 7.09. The summed E-state index contributed by atoms with van der Waals surface area (Å²) in [5, 5.41) is 11.4. The molecule has 5 heteroatoms. The zero-order valence-corrected chi connectivity index (χ0v) is 10.9. The van der Waals surface area contributed by atoms with Gasteiger partial charge in [0.2, 0.25) is 6.79 Å². The SMILES string of the molecule is O=C(O)C(Cc1cccs1)c1ccc2c(c1)OCO2. The van der Waals surface area contributed by atoms with Crippen molar-refractivity contribution < 1.29 is 19.4 Å². The van der Waals surface area contributed by atoms with Crippen LogP contribution in [0, 0.1) is 0 Å². The van der Waals surface area contributed by atoms with Crippen molar-refractivity contribution in [3.05, 3.63) is 46.2 Å². The first-order chi connectivity index (χ1) is 9.24. The Morgan fingerprint density at radius 3 is 2.89 bits per heavy atom. The molecule has 98 valence electrons. The van der Waals surface area contributed by atoms with E-state index in [4.69, 9.17) is 9.47 Å². The molecule has 2 aromatic rings. The lowest BCUT2D eigenvalue weighted by molar-refractivity contribution is -0.138. The van der Waals surface area contributed by atoms with E-state index in [1.54, 1.807) is 29.5 Å². The topological polar surface area (TPSA) is 55.8 Å². The van der Waals surface area contributed by atoms with Crippen molar-refractivity contribution >= 4 is 17.3 Å². The van der Waals surface area contributed by atoms with Gasteiger partial charge in [0.25, 0.3) is 0 Å². The van der Waals surface area contributed by atoms with Crippen LogP contribution in [-0.2, 0) is 11.2 Å². The van der Waals surface area contributed by atoms with Crippen molar-refractivity contribution in [2.24, 2.45) is 0 Å². The van der Waals surface area contributed by atoms with E-state index in [-0.39, 0.29) is 6.79 Å². The van der Waals surface area contributed by atoms with Gasteiger partial charge in [0.05, 0.1) is 5.92 Å². The highest BCUT2D eigenvalue weighted by Crippen LogP contribution is 2.35. The maximum absolute atomic E-state index is 11.5. The highest BCUT2D eigenvalue weighted by Gasteiger charge is 2.23. The van der Waals surface area contributed by atoms with Crippen molar-refractivity contribution in [1.82, 2.24) is 0 Å². The van der Waals surface area contributed by atoms with Crippen LogP contribution in [-0.4, -0.2) is 17.9 Å². The standard InChI is InChI=1S/C14H12O4S/c15-14(16)11(7-10-2-1-5-19-10)9-3-4-12-13(6-9)18-8-17-12/h1-6,11H,7-8H2,(H,15,16). The maximum atomic E-state index is 11.5. The summed E-state index contributed by atoms with van der Waals surface area (Å²) >= 11 is 1.57. The molecule has 0 fully saturated rings.